The van der Waals surface area contributed by atoms with Crippen molar-refractivity contribution < 1.29 is 91.7 Å². The van der Waals surface area contributed by atoms with E-state index in [0.29, 0.717) is 0 Å². The van der Waals surface area contributed by atoms with E-state index in [9.17, 15) is 67.7 Å². The highest BCUT2D eigenvalue weighted by atomic mass is 19.1. The second kappa shape index (κ2) is 30.7. The molecule has 5 atom stereocenters. The summed E-state index contributed by atoms with van der Waals surface area (Å²) in [4.78, 5) is 124. The first-order valence-corrected chi connectivity index (χ1v) is 20.0. The Morgan fingerprint density at radius 1 is 0.516 bits per heavy atom. The van der Waals surface area contributed by atoms with Crippen LogP contribution in [0, 0.1) is 11.7 Å². The lowest BCUT2D eigenvalue weighted by molar-refractivity contribution is -0.142. The lowest BCUT2D eigenvalue weighted by atomic mass is 10.0. The molecule has 0 radical (unpaired) electrons. The highest BCUT2D eigenvalue weighted by Gasteiger charge is 2.34. The Labute approximate surface area is 366 Å². The molecule has 1 rings (SSSR count). The third-order valence-electron chi connectivity index (χ3n) is 8.52. The van der Waals surface area contributed by atoms with Crippen molar-refractivity contribution in [3.63, 3.8) is 0 Å². The van der Waals surface area contributed by atoms with Crippen LogP contribution in [0.3, 0.4) is 0 Å². The van der Waals surface area contributed by atoms with Gasteiger partial charge in [0, 0.05) is 18.5 Å². The second-order valence-corrected chi connectivity index (χ2v) is 14.1. The smallest absolute Gasteiger partial charge is 0.305 e. The van der Waals surface area contributed by atoms with E-state index in [0.717, 1.165) is 24.3 Å². The minimum atomic E-state index is -1.81. The van der Waals surface area contributed by atoms with Gasteiger partial charge >= 0.3 is 23.9 Å². The van der Waals surface area contributed by atoms with Crippen LogP contribution in [0.15, 0.2) is 24.3 Å². The number of ether oxygens (including phenoxy) is 4. The zero-order chi connectivity index (χ0) is 48.2. The number of halogens is 1. The standard InChI is InChI=1S/C39H57FN6O18/c1-22(2)33(46-36(57)26(8-9-29(47)48)43-38(59)28(21-32(53)54)44-35(56)24-4-6-25(40)7-5-24)39(60)45-27(20-31(51)52)37(58)42-23(3)34(55)41-11-13-62-15-17-64-19-18-63-16-14-61-12-10-30(49)50/h4-7,22-23,26-28,33H,8-21H2,1-3H3,(H,41,55)(H,42,58)(H,43,59)(H,44,56)(H,45,60)(H,46,57)(H,47,48)(H,49,50)(H,51,52)(H,53,54)/t23-,26?,27?,28?,33-/m0/s1. The van der Waals surface area contributed by atoms with Gasteiger partial charge in [-0.1, -0.05) is 13.8 Å². The number of aliphatic carboxylic acids is 4. The van der Waals surface area contributed by atoms with Gasteiger partial charge in [0.1, 0.15) is 36.0 Å². The SMILES string of the molecule is CC(C)[C@H](NC(=O)C(CCC(=O)O)NC(=O)C(CC(=O)O)NC(=O)c1ccc(F)cc1)C(=O)NC(CC(=O)O)C(=O)N[C@@H](C)C(=O)NCCOCCOCCOCCOCCC(=O)O. The van der Waals surface area contributed by atoms with Gasteiger partial charge in [-0.15, -0.1) is 0 Å². The quantitative estimate of drug-likeness (QED) is 0.0335. The molecule has 0 aliphatic rings. The van der Waals surface area contributed by atoms with E-state index in [2.05, 4.69) is 31.9 Å². The predicted octanol–water partition coefficient (Wildman–Crippen LogP) is -1.99. The molecule has 0 saturated heterocycles. The number of nitrogens with one attached hydrogen (secondary N) is 6. The Balaban J connectivity index is 2.80. The minimum Gasteiger partial charge on any atom is -0.481 e. The number of carboxylic acids is 4. The lowest BCUT2D eigenvalue weighted by Crippen LogP contribution is -2.60. The zero-order valence-corrected chi connectivity index (χ0v) is 35.6. The van der Waals surface area contributed by atoms with Gasteiger partial charge in [0.15, 0.2) is 0 Å². The summed E-state index contributed by atoms with van der Waals surface area (Å²) < 4.78 is 34.4. The Hall–Kier alpha value is -6.31. The molecule has 0 saturated carbocycles. The molecular formula is C39H57FN6O18. The third-order valence-corrected chi connectivity index (χ3v) is 8.52. The monoisotopic (exact) mass is 916 g/mol. The van der Waals surface area contributed by atoms with Gasteiger partial charge in [-0.3, -0.25) is 47.9 Å². The van der Waals surface area contributed by atoms with Crippen molar-refractivity contribution in [1.82, 2.24) is 31.9 Å². The average Bonchev–Trinajstić information content (AvgIpc) is 3.21. The Morgan fingerprint density at radius 2 is 0.969 bits per heavy atom. The van der Waals surface area contributed by atoms with Crippen LogP contribution >= 0.6 is 0 Å². The van der Waals surface area contributed by atoms with E-state index in [1.165, 1.54) is 20.8 Å². The molecule has 0 heterocycles. The number of hydrogen-bond donors (Lipinski definition) is 10. The fourth-order valence-electron chi connectivity index (χ4n) is 5.17. The molecule has 1 aromatic rings. The molecule has 0 aliphatic carbocycles. The molecule has 0 aromatic heterocycles. The molecule has 0 spiro atoms. The van der Waals surface area contributed by atoms with E-state index in [4.69, 9.17) is 24.1 Å². The van der Waals surface area contributed by atoms with Crippen molar-refractivity contribution in [2.45, 2.75) is 83.1 Å². The lowest BCUT2D eigenvalue weighted by Gasteiger charge is -2.28. The van der Waals surface area contributed by atoms with Crippen molar-refractivity contribution in [2.24, 2.45) is 5.92 Å². The number of hydrogen-bond acceptors (Lipinski definition) is 14. The number of rotatable bonds is 34. The number of amides is 6. The van der Waals surface area contributed by atoms with Gasteiger partial charge in [-0.25, -0.2) is 4.39 Å². The van der Waals surface area contributed by atoms with Crippen LogP contribution in [0.5, 0.6) is 0 Å². The molecular weight excluding hydrogens is 859 g/mol. The normalized spacial score (nSPS) is 13.3. The summed E-state index contributed by atoms with van der Waals surface area (Å²) in [6, 6.07) is -4.03. The summed E-state index contributed by atoms with van der Waals surface area (Å²) in [5.41, 5.74) is -0.138. The molecule has 25 heteroatoms. The fraction of sp³-hybridized carbons (Fsp3) is 0.590. The molecule has 0 bridgehead atoms. The maximum Gasteiger partial charge on any atom is 0.305 e. The predicted molar refractivity (Wildman–Crippen MR) is 216 cm³/mol. The third kappa shape index (κ3) is 24.4. The topological polar surface area (TPSA) is 361 Å². The van der Waals surface area contributed by atoms with E-state index >= 15 is 0 Å². The van der Waals surface area contributed by atoms with Crippen LogP contribution in [0.1, 0.15) is 63.2 Å². The van der Waals surface area contributed by atoms with Gasteiger partial charge < -0.3 is 71.3 Å². The summed E-state index contributed by atoms with van der Waals surface area (Å²) in [6.07, 6.45) is -3.32. The summed E-state index contributed by atoms with van der Waals surface area (Å²) in [5.74, 6) is -13.0. The number of carbonyl (C=O) groups excluding carboxylic acids is 6. The molecule has 358 valence electrons. The maximum atomic E-state index is 13.5. The number of benzene rings is 1. The van der Waals surface area contributed by atoms with Crippen molar-refractivity contribution in [1.29, 1.82) is 0 Å². The Bertz CT molecular complexity index is 1730. The van der Waals surface area contributed by atoms with Crippen molar-refractivity contribution >= 4 is 59.3 Å². The number of carboxylic acid groups (broad SMARTS) is 4. The summed E-state index contributed by atoms with van der Waals surface area (Å²) >= 11 is 0. The van der Waals surface area contributed by atoms with Crippen LogP contribution in [0.25, 0.3) is 0 Å². The Morgan fingerprint density at radius 3 is 1.47 bits per heavy atom. The largest absolute Gasteiger partial charge is 0.481 e. The van der Waals surface area contributed by atoms with Crippen molar-refractivity contribution in [2.75, 3.05) is 59.4 Å². The first-order chi connectivity index (χ1) is 30.2. The first kappa shape index (κ1) is 55.7. The molecule has 6 amide bonds. The van der Waals surface area contributed by atoms with Crippen LogP contribution in [-0.4, -0.2) is 169 Å². The van der Waals surface area contributed by atoms with E-state index in [-0.39, 0.29) is 71.4 Å². The summed E-state index contributed by atoms with van der Waals surface area (Å²) in [7, 11) is 0. The van der Waals surface area contributed by atoms with Crippen LogP contribution < -0.4 is 31.9 Å². The van der Waals surface area contributed by atoms with Gasteiger partial charge in [-0.05, 0) is 43.5 Å². The van der Waals surface area contributed by atoms with Gasteiger partial charge in [0.25, 0.3) is 5.91 Å². The molecule has 0 aliphatic heterocycles. The average molecular weight is 917 g/mol. The molecule has 1 aromatic carbocycles. The van der Waals surface area contributed by atoms with Crippen LogP contribution in [0.4, 0.5) is 4.39 Å². The summed E-state index contributed by atoms with van der Waals surface area (Å²) in [6.45, 7) is 5.85. The molecule has 64 heavy (non-hydrogen) atoms. The molecule has 10 N–H and O–H groups in total. The van der Waals surface area contributed by atoms with Crippen LogP contribution in [0.2, 0.25) is 0 Å². The van der Waals surface area contributed by atoms with Gasteiger partial charge in [-0.2, -0.15) is 0 Å². The number of carbonyl (C=O) groups is 10. The van der Waals surface area contributed by atoms with Crippen molar-refractivity contribution in [3.8, 4) is 0 Å². The zero-order valence-electron chi connectivity index (χ0n) is 35.6. The minimum absolute atomic E-state index is 0.0217. The van der Waals surface area contributed by atoms with E-state index in [1.807, 2.05) is 0 Å². The molecule has 0 fully saturated rings. The molecule has 24 nitrogen and oxygen atoms in total. The van der Waals surface area contributed by atoms with Crippen LogP contribution in [-0.2, 0) is 62.1 Å². The maximum absolute atomic E-state index is 13.5. The van der Waals surface area contributed by atoms with Gasteiger partial charge in [0.2, 0.25) is 29.5 Å². The van der Waals surface area contributed by atoms with E-state index in [1.54, 1.807) is 0 Å². The summed E-state index contributed by atoms with van der Waals surface area (Å²) in [5, 5.41) is 50.4. The van der Waals surface area contributed by atoms with E-state index < -0.39 is 127 Å². The first-order valence-electron chi connectivity index (χ1n) is 20.0. The fourth-order valence-corrected chi connectivity index (χ4v) is 5.17. The highest BCUT2D eigenvalue weighted by Crippen LogP contribution is 2.09. The molecule has 3 unspecified atom stereocenters. The second-order valence-electron chi connectivity index (χ2n) is 14.1. The van der Waals surface area contributed by atoms with Gasteiger partial charge in [0.05, 0.1) is 72.1 Å². The Kier molecular flexibility index (Phi) is 26.7. The highest BCUT2D eigenvalue weighted by molar-refractivity contribution is 6.00. The van der Waals surface area contributed by atoms with Crippen molar-refractivity contribution in [3.05, 3.63) is 35.6 Å².